The third-order valence-electron chi connectivity index (χ3n) is 2.37. The molecule has 2 aromatic rings. The molecule has 0 bridgehead atoms. The van der Waals surface area contributed by atoms with E-state index in [1.165, 1.54) is 30.3 Å². The molecule has 0 aliphatic heterocycles. The fraction of sp³-hybridized carbons (Fsp3) is 0. The minimum atomic E-state index is -3.77. The van der Waals surface area contributed by atoms with Crippen LogP contribution in [0.2, 0.25) is 0 Å². The van der Waals surface area contributed by atoms with Crippen LogP contribution in [0.3, 0.4) is 0 Å². The molecule has 0 aliphatic rings. The molecule has 98 valence electrons. The number of nitroso groups, excluding NO2 is 1. The highest BCUT2D eigenvalue weighted by Crippen LogP contribution is 2.21. The van der Waals surface area contributed by atoms with Gasteiger partial charge < -0.3 is 5.73 Å². The highest BCUT2D eigenvalue weighted by atomic mass is 32.2. The average molecular weight is 277 g/mol. The van der Waals surface area contributed by atoms with E-state index in [-0.39, 0.29) is 10.6 Å². The number of hydrogen-bond donors (Lipinski definition) is 2. The second-order valence-electron chi connectivity index (χ2n) is 3.82. The molecule has 19 heavy (non-hydrogen) atoms. The second-order valence-corrected chi connectivity index (χ2v) is 5.50. The number of sulfonamides is 1. The number of nitrogens with zero attached hydrogens (tertiary/aromatic N) is 1. The summed E-state index contributed by atoms with van der Waals surface area (Å²) in [6, 6.07) is 11.8. The molecule has 2 aromatic carbocycles. The van der Waals surface area contributed by atoms with Gasteiger partial charge in [-0.2, -0.15) is 0 Å². The van der Waals surface area contributed by atoms with Gasteiger partial charge in [0.1, 0.15) is 5.69 Å². The topological polar surface area (TPSA) is 102 Å². The molecule has 7 heteroatoms. The van der Waals surface area contributed by atoms with Crippen LogP contribution < -0.4 is 10.5 Å². The van der Waals surface area contributed by atoms with Crippen molar-refractivity contribution in [2.24, 2.45) is 5.18 Å². The Bertz CT molecular complexity index is 714. The molecule has 0 aromatic heterocycles. The molecule has 6 nitrogen and oxygen atoms in total. The molecule has 0 saturated heterocycles. The molecule has 0 amide bonds. The van der Waals surface area contributed by atoms with Crippen LogP contribution in [0.4, 0.5) is 17.1 Å². The Morgan fingerprint density at radius 1 is 1.05 bits per heavy atom. The van der Waals surface area contributed by atoms with Crippen LogP contribution in [0.1, 0.15) is 0 Å². The molecule has 0 radical (unpaired) electrons. The highest BCUT2D eigenvalue weighted by molar-refractivity contribution is 7.92. The lowest BCUT2D eigenvalue weighted by Gasteiger charge is -2.08. The standard InChI is InChI=1S/C12H11N3O3S/c13-9-3-1-5-11(7-9)15-19(17,18)12-6-2-4-10(8-12)14-16/h1-8,15H,13H2. The van der Waals surface area contributed by atoms with Crippen molar-refractivity contribution in [1.29, 1.82) is 0 Å². The minimum Gasteiger partial charge on any atom is -0.399 e. The first-order chi connectivity index (χ1) is 9.01. The van der Waals surface area contributed by atoms with Crippen LogP contribution in [0.15, 0.2) is 58.6 Å². The molecule has 0 unspecified atom stereocenters. The zero-order valence-electron chi connectivity index (χ0n) is 9.78. The van der Waals surface area contributed by atoms with Crippen LogP contribution in [0.5, 0.6) is 0 Å². The van der Waals surface area contributed by atoms with Gasteiger partial charge in [0.2, 0.25) is 0 Å². The minimum absolute atomic E-state index is 0.0352. The molecule has 0 heterocycles. The largest absolute Gasteiger partial charge is 0.399 e. The molecule has 0 aliphatic carbocycles. The summed E-state index contributed by atoms with van der Waals surface area (Å²) < 4.78 is 26.5. The normalized spacial score (nSPS) is 10.9. The van der Waals surface area contributed by atoms with E-state index in [1.54, 1.807) is 18.2 Å². The van der Waals surface area contributed by atoms with Crippen LogP contribution >= 0.6 is 0 Å². The molecule has 0 spiro atoms. The predicted molar refractivity (Wildman–Crippen MR) is 73.6 cm³/mol. The van der Waals surface area contributed by atoms with Gasteiger partial charge >= 0.3 is 0 Å². The SMILES string of the molecule is Nc1cccc(NS(=O)(=O)c2cccc(N=O)c2)c1. The summed E-state index contributed by atoms with van der Waals surface area (Å²) in [6.45, 7) is 0. The molecule has 0 fully saturated rings. The van der Waals surface area contributed by atoms with Crippen LogP contribution in [-0.4, -0.2) is 8.42 Å². The lowest BCUT2D eigenvalue weighted by atomic mass is 10.3. The number of hydrogen-bond acceptors (Lipinski definition) is 5. The summed E-state index contributed by atoms with van der Waals surface area (Å²) in [5, 5.41) is 2.70. The number of rotatable bonds is 4. The first-order valence-corrected chi connectivity index (χ1v) is 6.81. The van der Waals surface area contributed by atoms with Gasteiger partial charge in [-0.25, -0.2) is 8.42 Å². The van der Waals surface area contributed by atoms with Crippen molar-refractivity contribution in [2.45, 2.75) is 4.90 Å². The maximum atomic E-state index is 12.1. The van der Waals surface area contributed by atoms with E-state index in [0.29, 0.717) is 11.4 Å². The Balaban J connectivity index is 2.34. The van der Waals surface area contributed by atoms with Crippen LogP contribution in [0.25, 0.3) is 0 Å². The highest BCUT2D eigenvalue weighted by Gasteiger charge is 2.14. The van der Waals surface area contributed by atoms with Gasteiger partial charge in [0, 0.05) is 5.69 Å². The molecular formula is C12H11N3O3S. The number of anilines is 2. The molecule has 0 saturated carbocycles. The van der Waals surface area contributed by atoms with Crippen molar-refractivity contribution in [3.05, 3.63) is 53.4 Å². The van der Waals surface area contributed by atoms with Crippen molar-refractivity contribution in [3.8, 4) is 0 Å². The van der Waals surface area contributed by atoms with E-state index < -0.39 is 10.0 Å². The number of benzene rings is 2. The van der Waals surface area contributed by atoms with Gasteiger partial charge in [0.15, 0.2) is 0 Å². The van der Waals surface area contributed by atoms with Crippen LogP contribution in [-0.2, 0) is 10.0 Å². The monoisotopic (exact) mass is 277 g/mol. The van der Waals surface area contributed by atoms with E-state index in [0.717, 1.165) is 0 Å². The maximum Gasteiger partial charge on any atom is 0.261 e. The predicted octanol–water partition coefficient (Wildman–Crippen LogP) is 2.47. The van der Waals surface area contributed by atoms with E-state index in [2.05, 4.69) is 9.90 Å². The Morgan fingerprint density at radius 2 is 1.79 bits per heavy atom. The van der Waals surface area contributed by atoms with Gasteiger partial charge in [0.05, 0.1) is 10.6 Å². The first kappa shape index (κ1) is 13.0. The smallest absolute Gasteiger partial charge is 0.261 e. The van der Waals surface area contributed by atoms with Gasteiger partial charge in [-0.05, 0) is 41.6 Å². The zero-order valence-corrected chi connectivity index (χ0v) is 10.6. The zero-order chi connectivity index (χ0) is 13.9. The molecule has 0 atom stereocenters. The molecule has 2 rings (SSSR count). The van der Waals surface area contributed by atoms with Crippen molar-refractivity contribution in [2.75, 3.05) is 10.5 Å². The van der Waals surface area contributed by atoms with Gasteiger partial charge in [0.25, 0.3) is 10.0 Å². The van der Waals surface area contributed by atoms with Gasteiger partial charge in [-0.3, -0.25) is 4.72 Å². The Hall–Kier alpha value is -2.41. The Labute approximate surface area is 110 Å². The van der Waals surface area contributed by atoms with Crippen molar-refractivity contribution < 1.29 is 8.42 Å². The lowest BCUT2D eigenvalue weighted by Crippen LogP contribution is -2.12. The molecular weight excluding hydrogens is 266 g/mol. The second kappa shape index (κ2) is 5.07. The summed E-state index contributed by atoms with van der Waals surface area (Å²) in [5.74, 6) is 0. The lowest BCUT2D eigenvalue weighted by molar-refractivity contribution is 0.601. The molecule has 3 N–H and O–H groups in total. The summed E-state index contributed by atoms with van der Waals surface area (Å²) in [5.41, 5.74) is 6.42. The third-order valence-corrected chi connectivity index (χ3v) is 3.75. The van der Waals surface area contributed by atoms with Crippen molar-refractivity contribution in [3.63, 3.8) is 0 Å². The summed E-state index contributed by atoms with van der Waals surface area (Å²) in [7, 11) is -3.77. The van der Waals surface area contributed by atoms with E-state index in [4.69, 9.17) is 5.73 Å². The number of nitrogens with two attached hydrogens (primary N) is 1. The summed E-state index contributed by atoms with van der Waals surface area (Å²) >= 11 is 0. The third kappa shape index (κ3) is 3.08. The fourth-order valence-corrected chi connectivity index (χ4v) is 2.61. The van der Waals surface area contributed by atoms with E-state index in [1.807, 2.05) is 0 Å². The number of nitrogens with one attached hydrogen (secondary N) is 1. The number of nitrogen functional groups attached to an aromatic ring is 1. The van der Waals surface area contributed by atoms with E-state index in [9.17, 15) is 13.3 Å². The van der Waals surface area contributed by atoms with E-state index >= 15 is 0 Å². The van der Waals surface area contributed by atoms with Crippen LogP contribution in [0, 0.1) is 4.91 Å². The Morgan fingerprint density at radius 3 is 2.47 bits per heavy atom. The average Bonchev–Trinajstić information content (AvgIpc) is 2.38. The summed E-state index contributed by atoms with van der Waals surface area (Å²) in [4.78, 5) is 10.4. The van der Waals surface area contributed by atoms with Crippen molar-refractivity contribution in [1.82, 2.24) is 0 Å². The summed E-state index contributed by atoms with van der Waals surface area (Å²) in [6.07, 6.45) is 0. The first-order valence-electron chi connectivity index (χ1n) is 5.33. The Kier molecular flexibility index (Phi) is 3.48. The van der Waals surface area contributed by atoms with Gasteiger partial charge in [-0.1, -0.05) is 12.1 Å². The van der Waals surface area contributed by atoms with Gasteiger partial charge in [-0.15, -0.1) is 4.91 Å². The fourth-order valence-electron chi connectivity index (χ4n) is 1.52. The quantitative estimate of drug-likeness (QED) is 0.662. The maximum absolute atomic E-state index is 12.1. The van der Waals surface area contributed by atoms with Crippen molar-refractivity contribution >= 4 is 27.1 Å².